The molecular weight excluding hydrogens is 360 g/mol. The van der Waals surface area contributed by atoms with Crippen LogP contribution in [0.2, 0.25) is 5.15 Å². The van der Waals surface area contributed by atoms with Crippen LogP contribution in [0.5, 0.6) is 0 Å². The van der Waals surface area contributed by atoms with E-state index in [0.717, 1.165) is 11.3 Å². The van der Waals surface area contributed by atoms with Crippen molar-refractivity contribution in [3.8, 4) is 11.8 Å². The first-order valence-electron chi connectivity index (χ1n) is 8.34. The van der Waals surface area contributed by atoms with Gasteiger partial charge >= 0.3 is 0 Å². The van der Waals surface area contributed by atoms with E-state index < -0.39 is 5.91 Å². The predicted molar refractivity (Wildman–Crippen MR) is 105 cm³/mol. The van der Waals surface area contributed by atoms with Crippen LogP contribution in [0.4, 0.5) is 0 Å². The zero-order valence-corrected chi connectivity index (χ0v) is 15.4. The largest absolute Gasteiger partial charge is 0.347 e. The molecule has 1 aromatic heterocycles. The van der Waals surface area contributed by atoms with Crippen molar-refractivity contribution in [2.75, 3.05) is 0 Å². The molecule has 0 fully saturated rings. The van der Waals surface area contributed by atoms with Crippen LogP contribution < -0.4 is 5.32 Å². The number of aryl methyl sites for hydroxylation is 1. The molecule has 0 aliphatic heterocycles. The van der Waals surface area contributed by atoms with Crippen LogP contribution in [-0.2, 0) is 11.3 Å². The SMILES string of the molecule is Cc1nn(-c2ccccc2)c(Cl)c1/C=C(\C#N)C(=O)NCc1ccccc1. The fourth-order valence-electron chi connectivity index (χ4n) is 2.58. The minimum absolute atomic E-state index is 0.0245. The Kier molecular flexibility index (Phi) is 5.70. The zero-order chi connectivity index (χ0) is 19.2. The Morgan fingerprint density at radius 3 is 2.44 bits per heavy atom. The molecule has 1 N–H and O–H groups in total. The number of aromatic nitrogens is 2. The highest BCUT2D eigenvalue weighted by Gasteiger charge is 2.16. The highest BCUT2D eigenvalue weighted by Crippen LogP contribution is 2.25. The topological polar surface area (TPSA) is 70.7 Å². The van der Waals surface area contributed by atoms with E-state index in [4.69, 9.17) is 11.6 Å². The van der Waals surface area contributed by atoms with Crippen LogP contribution in [0.25, 0.3) is 11.8 Å². The van der Waals surface area contributed by atoms with Gasteiger partial charge in [-0.15, -0.1) is 0 Å². The summed E-state index contributed by atoms with van der Waals surface area (Å²) in [5.41, 5.74) is 2.91. The molecule has 3 rings (SSSR count). The van der Waals surface area contributed by atoms with Crippen molar-refractivity contribution in [3.05, 3.63) is 88.2 Å². The van der Waals surface area contributed by atoms with E-state index in [-0.39, 0.29) is 5.57 Å². The Morgan fingerprint density at radius 1 is 1.19 bits per heavy atom. The van der Waals surface area contributed by atoms with Crippen molar-refractivity contribution in [2.45, 2.75) is 13.5 Å². The summed E-state index contributed by atoms with van der Waals surface area (Å²) in [6, 6.07) is 20.9. The van der Waals surface area contributed by atoms with Gasteiger partial charge in [0.1, 0.15) is 16.8 Å². The van der Waals surface area contributed by atoms with Gasteiger partial charge < -0.3 is 5.32 Å². The summed E-state index contributed by atoms with van der Waals surface area (Å²) in [4.78, 5) is 12.4. The molecule has 0 bridgehead atoms. The molecule has 0 radical (unpaired) electrons. The highest BCUT2D eigenvalue weighted by atomic mass is 35.5. The number of nitrogens with zero attached hydrogens (tertiary/aromatic N) is 3. The number of rotatable bonds is 5. The van der Waals surface area contributed by atoms with Gasteiger partial charge in [0.2, 0.25) is 0 Å². The van der Waals surface area contributed by atoms with Crippen LogP contribution in [0.15, 0.2) is 66.2 Å². The number of nitriles is 1. The molecule has 1 heterocycles. The first-order chi connectivity index (χ1) is 13.1. The number of carbonyl (C=O) groups is 1. The monoisotopic (exact) mass is 376 g/mol. The van der Waals surface area contributed by atoms with Gasteiger partial charge in [0, 0.05) is 12.1 Å². The fraction of sp³-hybridized carbons (Fsp3) is 0.0952. The summed E-state index contributed by atoms with van der Waals surface area (Å²) in [6.45, 7) is 2.13. The van der Waals surface area contributed by atoms with Crippen LogP contribution >= 0.6 is 11.6 Å². The van der Waals surface area contributed by atoms with Crippen molar-refractivity contribution in [1.82, 2.24) is 15.1 Å². The number of benzene rings is 2. The third-order valence-electron chi connectivity index (χ3n) is 4.00. The third-order valence-corrected chi connectivity index (χ3v) is 4.36. The average molecular weight is 377 g/mol. The number of nitrogens with one attached hydrogen (secondary N) is 1. The lowest BCUT2D eigenvalue weighted by molar-refractivity contribution is -0.117. The molecule has 27 heavy (non-hydrogen) atoms. The van der Waals surface area contributed by atoms with E-state index in [1.165, 1.54) is 6.08 Å². The van der Waals surface area contributed by atoms with Crippen molar-refractivity contribution in [3.63, 3.8) is 0 Å². The molecular formula is C21H17ClN4O. The van der Waals surface area contributed by atoms with Gasteiger partial charge in [-0.2, -0.15) is 10.4 Å². The van der Waals surface area contributed by atoms with Gasteiger partial charge in [0.15, 0.2) is 0 Å². The predicted octanol–water partition coefficient (Wildman–Crippen LogP) is 4.06. The summed E-state index contributed by atoms with van der Waals surface area (Å²) in [6.07, 6.45) is 1.48. The minimum atomic E-state index is -0.454. The van der Waals surface area contributed by atoms with E-state index in [0.29, 0.717) is 23.0 Å². The Hall–Kier alpha value is -3.36. The minimum Gasteiger partial charge on any atom is -0.347 e. The van der Waals surface area contributed by atoms with Gasteiger partial charge in [-0.05, 0) is 30.7 Å². The lowest BCUT2D eigenvalue weighted by atomic mass is 10.1. The van der Waals surface area contributed by atoms with Gasteiger partial charge in [-0.25, -0.2) is 4.68 Å². The van der Waals surface area contributed by atoms with Crippen LogP contribution in [0, 0.1) is 18.3 Å². The van der Waals surface area contributed by atoms with Crippen molar-refractivity contribution in [1.29, 1.82) is 5.26 Å². The lowest BCUT2D eigenvalue weighted by Gasteiger charge is -2.04. The summed E-state index contributed by atoms with van der Waals surface area (Å²) in [5.74, 6) is -0.454. The van der Waals surface area contributed by atoms with Crippen molar-refractivity contribution < 1.29 is 4.79 Å². The molecule has 0 saturated carbocycles. The Labute approximate surface area is 162 Å². The average Bonchev–Trinajstić information content (AvgIpc) is 2.99. The van der Waals surface area contributed by atoms with Crippen LogP contribution in [-0.4, -0.2) is 15.7 Å². The van der Waals surface area contributed by atoms with E-state index >= 15 is 0 Å². The van der Waals surface area contributed by atoms with Crippen LogP contribution in [0.3, 0.4) is 0 Å². The maximum Gasteiger partial charge on any atom is 0.262 e. The standard InChI is InChI=1S/C21H17ClN4O/c1-15-19(20(22)26(25-15)18-10-6-3-7-11-18)12-17(13-23)21(27)24-14-16-8-4-2-5-9-16/h2-12H,14H2,1H3,(H,24,27)/b17-12+. The summed E-state index contributed by atoms with van der Waals surface area (Å²) >= 11 is 6.46. The second-order valence-corrected chi connectivity index (χ2v) is 6.23. The molecule has 3 aromatic rings. The summed E-state index contributed by atoms with van der Waals surface area (Å²) in [5, 5.41) is 16.9. The number of amides is 1. The Morgan fingerprint density at radius 2 is 1.81 bits per heavy atom. The molecule has 0 unspecified atom stereocenters. The lowest BCUT2D eigenvalue weighted by Crippen LogP contribution is -2.23. The molecule has 0 aliphatic rings. The first kappa shape index (κ1) is 18.4. The van der Waals surface area contributed by atoms with Crippen molar-refractivity contribution in [2.24, 2.45) is 0 Å². The molecule has 5 nitrogen and oxygen atoms in total. The molecule has 134 valence electrons. The molecule has 0 atom stereocenters. The molecule has 6 heteroatoms. The number of carbonyl (C=O) groups excluding carboxylic acids is 1. The number of halogens is 1. The smallest absolute Gasteiger partial charge is 0.262 e. The highest BCUT2D eigenvalue weighted by molar-refractivity contribution is 6.31. The summed E-state index contributed by atoms with van der Waals surface area (Å²) in [7, 11) is 0. The normalized spacial score (nSPS) is 11.1. The second kappa shape index (κ2) is 8.35. The second-order valence-electron chi connectivity index (χ2n) is 5.88. The Balaban J connectivity index is 1.84. The molecule has 0 saturated heterocycles. The Bertz CT molecular complexity index is 1020. The number of hydrogen-bond acceptors (Lipinski definition) is 3. The molecule has 0 aliphatic carbocycles. The zero-order valence-electron chi connectivity index (χ0n) is 14.7. The number of hydrogen-bond donors (Lipinski definition) is 1. The quantitative estimate of drug-likeness (QED) is 0.539. The van der Waals surface area contributed by atoms with E-state index in [9.17, 15) is 10.1 Å². The maximum atomic E-state index is 12.4. The molecule has 2 aromatic carbocycles. The van der Waals surface area contributed by atoms with Gasteiger partial charge in [0.05, 0.1) is 11.4 Å². The first-order valence-corrected chi connectivity index (χ1v) is 8.72. The number of para-hydroxylation sites is 1. The third kappa shape index (κ3) is 4.25. The van der Waals surface area contributed by atoms with Gasteiger partial charge in [-0.1, -0.05) is 60.1 Å². The van der Waals surface area contributed by atoms with Crippen LogP contribution in [0.1, 0.15) is 16.8 Å². The molecule has 0 spiro atoms. The summed E-state index contributed by atoms with van der Waals surface area (Å²) < 4.78 is 1.58. The maximum absolute atomic E-state index is 12.4. The molecule has 1 amide bonds. The van der Waals surface area contributed by atoms with Gasteiger partial charge in [-0.3, -0.25) is 4.79 Å². The fourth-order valence-corrected chi connectivity index (χ4v) is 2.91. The van der Waals surface area contributed by atoms with Crippen molar-refractivity contribution >= 4 is 23.6 Å². The van der Waals surface area contributed by atoms with E-state index in [1.807, 2.05) is 66.7 Å². The van der Waals surface area contributed by atoms with Gasteiger partial charge in [0.25, 0.3) is 5.91 Å². The van der Waals surface area contributed by atoms with E-state index in [1.54, 1.807) is 11.6 Å². The van der Waals surface area contributed by atoms with E-state index in [2.05, 4.69) is 10.4 Å².